The van der Waals surface area contributed by atoms with E-state index in [0.717, 1.165) is 50.4 Å². The summed E-state index contributed by atoms with van der Waals surface area (Å²) in [5, 5.41) is 7.05. The molecule has 9 rings (SSSR count). The van der Waals surface area contributed by atoms with Crippen LogP contribution in [0.25, 0.3) is 54.6 Å². The molecule has 0 N–H and O–H groups in total. The molecule has 5 aromatic carbocycles. The minimum absolute atomic E-state index is 0.815. The van der Waals surface area contributed by atoms with Gasteiger partial charge < -0.3 is 0 Å². The van der Waals surface area contributed by atoms with Crippen molar-refractivity contribution in [2.24, 2.45) is 0 Å². The monoisotopic (exact) mass is 525 g/mol. The van der Waals surface area contributed by atoms with Gasteiger partial charge in [-0.1, -0.05) is 103 Å². The molecule has 0 fully saturated rings. The van der Waals surface area contributed by atoms with Crippen molar-refractivity contribution in [2.75, 3.05) is 4.90 Å². The van der Waals surface area contributed by atoms with Gasteiger partial charge in [-0.15, -0.1) is 0 Å². The molecule has 0 radical (unpaired) electrons. The molecule has 4 heterocycles. The minimum atomic E-state index is 0.815. The third-order valence-electron chi connectivity index (χ3n) is 8.10. The van der Waals surface area contributed by atoms with Gasteiger partial charge in [0.25, 0.3) is 0 Å². The lowest BCUT2D eigenvalue weighted by atomic mass is 10.1. The molecule has 0 unspecified atom stereocenters. The first-order chi connectivity index (χ1) is 20.3. The fraction of sp³-hybridized carbons (Fsp3) is 0. The number of hydrogen-bond donors (Lipinski definition) is 0. The number of para-hydroxylation sites is 3. The first-order valence-electron chi connectivity index (χ1n) is 13.8. The molecule has 0 bridgehead atoms. The van der Waals surface area contributed by atoms with Crippen LogP contribution in [0.1, 0.15) is 0 Å². The van der Waals surface area contributed by atoms with Gasteiger partial charge in [-0.05, 0) is 35.0 Å². The molecular formula is C36H23N5. The van der Waals surface area contributed by atoms with Crippen LogP contribution in [0.2, 0.25) is 0 Å². The highest BCUT2D eigenvalue weighted by Crippen LogP contribution is 2.38. The van der Waals surface area contributed by atoms with Crippen LogP contribution in [0, 0.1) is 0 Å². The summed E-state index contributed by atoms with van der Waals surface area (Å²) in [4.78, 5) is 12.7. The Morgan fingerprint density at radius 1 is 0.390 bits per heavy atom. The molecule has 4 aromatic heterocycles. The predicted octanol–water partition coefficient (Wildman–Crippen LogP) is 9.06. The minimum Gasteiger partial charge on any atom is -0.297 e. The molecule has 0 aliphatic rings. The van der Waals surface area contributed by atoms with Crippen LogP contribution in [-0.4, -0.2) is 18.8 Å². The zero-order valence-electron chi connectivity index (χ0n) is 22.0. The van der Waals surface area contributed by atoms with Crippen LogP contribution < -0.4 is 4.90 Å². The van der Waals surface area contributed by atoms with E-state index < -0.39 is 0 Å². The highest BCUT2D eigenvalue weighted by atomic mass is 15.3. The summed E-state index contributed by atoms with van der Waals surface area (Å²) >= 11 is 0. The average Bonchev–Trinajstić information content (AvgIpc) is 3.68. The van der Waals surface area contributed by atoms with Gasteiger partial charge >= 0.3 is 0 Å². The van der Waals surface area contributed by atoms with Crippen LogP contribution in [0.5, 0.6) is 0 Å². The standard InChI is InChI=1S/C36H23N5/c1-2-12-24(13-3-1)41(33-22-39-31-20-10-8-16-27(31)25-14-4-6-18-29(25)35(39)37-33)34-23-40-32-21-11-9-17-28(32)26-15-5-7-19-30(26)36(40)38-34/h1-23H. The van der Waals surface area contributed by atoms with Gasteiger partial charge in [0.05, 0.1) is 23.4 Å². The van der Waals surface area contributed by atoms with Crippen molar-refractivity contribution in [2.45, 2.75) is 0 Å². The molecule has 0 aliphatic heterocycles. The number of pyridine rings is 2. The fourth-order valence-electron chi connectivity index (χ4n) is 6.31. The Labute approximate surface area is 235 Å². The summed E-state index contributed by atoms with van der Waals surface area (Å²) in [5.41, 5.74) is 5.10. The van der Waals surface area contributed by atoms with Gasteiger partial charge in [-0.2, -0.15) is 0 Å². The normalized spacial score (nSPS) is 11.9. The Morgan fingerprint density at radius 3 is 1.27 bits per heavy atom. The quantitative estimate of drug-likeness (QED) is 0.216. The second-order valence-electron chi connectivity index (χ2n) is 10.4. The van der Waals surface area contributed by atoms with E-state index in [1.165, 1.54) is 21.5 Å². The van der Waals surface area contributed by atoms with E-state index in [4.69, 9.17) is 9.97 Å². The van der Waals surface area contributed by atoms with Crippen molar-refractivity contribution >= 4 is 72.0 Å². The summed E-state index contributed by atoms with van der Waals surface area (Å²) in [6, 6.07) is 44.5. The van der Waals surface area contributed by atoms with Crippen molar-refractivity contribution in [1.29, 1.82) is 0 Å². The molecule has 0 spiro atoms. The number of rotatable bonds is 3. The second kappa shape index (κ2) is 8.41. The maximum Gasteiger partial charge on any atom is 0.158 e. The van der Waals surface area contributed by atoms with E-state index in [1.807, 2.05) is 6.07 Å². The second-order valence-corrected chi connectivity index (χ2v) is 10.4. The van der Waals surface area contributed by atoms with E-state index in [1.54, 1.807) is 0 Å². The Kier molecular flexibility index (Phi) is 4.55. The van der Waals surface area contributed by atoms with Gasteiger partial charge in [0, 0.05) is 27.2 Å². The smallest absolute Gasteiger partial charge is 0.158 e. The molecule has 0 amide bonds. The van der Waals surface area contributed by atoms with E-state index in [-0.39, 0.29) is 0 Å². The topological polar surface area (TPSA) is 37.8 Å². The molecule has 9 aromatic rings. The van der Waals surface area contributed by atoms with E-state index in [0.29, 0.717) is 0 Å². The Morgan fingerprint density at radius 2 is 0.780 bits per heavy atom. The number of aromatic nitrogens is 4. The van der Waals surface area contributed by atoms with Crippen molar-refractivity contribution in [3.8, 4) is 0 Å². The lowest BCUT2D eigenvalue weighted by molar-refractivity contribution is 1.18. The third kappa shape index (κ3) is 3.17. The number of anilines is 3. The molecule has 0 saturated carbocycles. The highest BCUT2D eigenvalue weighted by Gasteiger charge is 2.22. The SMILES string of the molecule is c1ccc(N(c2cn3c4ccccc4c4ccccc4c3n2)c2cn3c4ccccc4c4ccccc4c3n2)cc1. The molecule has 5 nitrogen and oxygen atoms in total. The van der Waals surface area contributed by atoms with Gasteiger partial charge in [0.2, 0.25) is 0 Å². The van der Waals surface area contributed by atoms with Crippen LogP contribution in [0.4, 0.5) is 17.3 Å². The zero-order valence-corrected chi connectivity index (χ0v) is 22.0. The van der Waals surface area contributed by atoms with Crippen molar-refractivity contribution < 1.29 is 0 Å². The first kappa shape index (κ1) is 22.2. The fourth-order valence-corrected chi connectivity index (χ4v) is 6.31. The van der Waals surface area contributed by atoms with Gasteiger partial charge in [-0.25, -0.2) is 9.97 Å². The highest BCUT2D eigenvalue weighted by molar-refractivity contribution is 6.13. The Hall–Kier alpha value is -5.68. The maximum atomic E-state index is 5.28. The third-order valence-corrected chi connectivity index (χ3v) is 8.10. The number of imidazole rings is 2. The molecule has 0 aliphatic carbocycles. The Bertz CT molecular complexity index is 2140. The number of benzene rings is 5. The van der Waals surface area contributed by atoms with Gasteiger partial charge in [0.1, 0.15) is 11.3 Å². The summed E-state index contributed by atoms with van der Waals surface area (Å²) in [5.74, 6) is 1.63. The van der Waals surface area contributed by atoms with E-state index >= 15 is 0 Å². The van der Waals surface area contributed by atoms with Gasteiger partial charge in [0.15, 0.2) is 11.6 Å². The largest absolute Gasteiger partial charge is 0.297 e. The molecule has 41 heavy (non-hydrogen) atoms. The van der Waals surface area contributed by atoms with Crippen LogP contribution in [0.3, 0.4) is 0 Å². The summed E-state index contributed by atoms with van der Waals surface area (Å²) in [6.07, 6.45) is 4.27. The van der Waals surface area contributed by atoms with Crippen molar-refractivity contribution in [1.82, 2.24) is 18.8 Å². The first-order valence-corrected chi connectivity index (χ1v) is 13.8. The predicted molar refractivity (Wildman–Crippen MR) is 169 cm³/mol. The number of fused-ring (bicyclic) bond motifs is 12. The maximum absolute atomic E-state index is 5.28. The zero-order chi connectivity index (χ0) is 26.9. The van der Waals surface area contributed by atoms with Crippen LogP contribution in [0.15, 0.2) is 140 Å². The van der Waals surface area contributed by atoms with E-state index in [2.05, 4.69) is 147 Å². The summed E-state index contributed by atoms with van der Waals surface area (Å²) in [7, 11) is 0. The Balaban J connectivity index is 1.38. The molecule has 5 heteroatoms. The molecule has 0 atom stereocenters. The average molecular weight is 526 g/mol. The van der Waals surface area contributed by atoms with Gasteiger partial charge in [-0.3, -0.25) is 13.7 Å². The lowest BCUT2D eigenvalue weighted by Crippen LogP contribution is -2.10. The van der Waals surface area contributed by atoms with Crippen LogP contribution in [-0.2, 0) is 0 Å². The van der Waals surface area contributed by atoms with Crippen LogP contribution >= 0.6 is 0 Å². The molecular weight excluding hydrogens is 502 g/mol. The molecule has 0 saturated heterocycles. The van der Waals surface area contributed by atoms with Crippen molar-refractivity contribution in [3.05, 3.63) is 140 Å². The summed E-state index contributed by atoms with van der Waals surface area (Å²) in [6.45, 7) is 0. The molecule has 192 valence electrons. The van der Waals surface area contributed by atoms with Crippen molar-refractivity contribution in [3.63, 3.8) is 0 Å². The number of nitrogens with zero attached hydrogens (tertiary/aromatic N) is 5. The summed E-state index contributed by atoms with van der Waals surface area (Å²) < 4.78 is 4.42. The number of hydrogen-bond acceptors (Lipinski definition) is 3. The van der Waals surface area contributed by atoms with E-state index in [9.17, 15) is 0 Å². The lowest BCUT2D eigenvalue weighted by Gasteiger charge is -2.19.